The van der Waals surface area contributed by atoms with Crippen LogP contribution in [0, 0.1) is 5.92 Å². The Balaban J connectivity index is 1.88. The quantitative estimate of drug-likeness (QED) is 0.754. The van der Waals surface area contributed by atoms with E-state index in [1.54, 1.807) is 0 Å². The average Bonchev–Trinajstić information content (AvgIpc) is 2.77. The van der Waals surface area contributed by atoms with Crippen LogP contribution in [0.2, 0.25) is 0 Å². The monoisotopic (exact) mass is 268 g/mol. The maximum atomic E-state index is 12.2. The third-order valence-corrected chi connectivity index (χ3v) is 4.38. The zero-order chi connectivity index (χ0) is 13.8. The summed E-state index contributed by atoms with van der Waals surface area (Å²) in [6.45, 7) is 2.82. The van der Waals surface area contributed by atoms with Crippen LogP contribution < -0.4 is 5.32 Å². The van der Waals surface area contributed by atoms with Gasteiger partial charge in [-0.1, -0.05) is 19.8 Å². The van der Waals surface area contributed by atoms with Gasteiger partial charge in [0.2, 0.25) is 0 Å². The summed E-state index contributed by atoms with van der Waals surface area (Å²) >= 11 is 0. The van der Waals surface area contributed by atoms with Gasteiger partial charge in [0.05, 0.1) is 0 Å². The van der Waals surface area contributed by atoms with Gasteiger partial charge in [-0.15, -0.1) is 0 Å². The second-order valence-corrected chi connectivity index (χ2v) is 5.95. The number of likely N-dealkylation sites (tertiary alicyclic amines) is 1. The molecule has 1 aliphatic heterocycles. The highest BCUT2D eigenvalue weighted by Crippen LogP contribution is 2.23. The molecule has 2 amide bonds. The fourth-order valence-electron chi connectivity index (χ4n) is 3.16. The van der Waals surface area contributed by atoms with Gasteiger partial charge in [-0.05, 0) is 38.0 Å². The van der Waals surface area contributed by atoms with Crippen LogP contribution in [0.15, 0.2) is 0 Å². The van der Waals surface area contributed by atoms with Crippen LogP contribution in [0.25, 0.3) is 0 Å². The molecule has 0 radical (unpaired) electrons. The van der Waals surface area contributed by atoms with Gasteiger partial charge in [-0.2, -0.15) is 0 Å². The number of amides is 2. The number of carboxylic acid groups (broad SMARTS) is 1. The number of nitrogens with one attached hydrogen (secondary N) is 1. The predicted octanol–water partition coefficient (Wildman–Crippen LogP) is 2.21. The van der Waals surface area contributed by atoms with Gasteiger partial charge in [0.25, 0.3) is 0 Å². The summed E-state index contributed by atoms with van der Waals surface area (Å²) in [5.41, 5.74) is 0. The van der Waals surface area contributed by atoms with Crippen molar-refractivity contribution in [2.24, 2.45) is 5.92 Å². The first-order valence-corrected chi connectivity index (χ1v) is 7.38. The van der Waals surface area contributed by atoms with E-state index in [4.69, 9.17) is 5.11 Å². The Morgan fingerprint density at radius 3 is 2.63 bits per heavy atom. The van der Waals surface area contributed by atoms with Crippen molar-refractivity contribution in [2.45, 2.75) is 64.0 Å². The number of hydrogen-bond donors (Lipinski definition) is 2. The van der Waals surface area contributed by atoms with E-state index in [9.17, 15) is 9.59 Å². The molecule has 1 aliphatic carbocycles. The molecular formula is C14H24N2O3. The van der Waals surface area contributed by atoms with Crippen molar-refractivity contribution in [3.05, 3.63) is 0 Å². The van der Waals surface area contributed by atoms with E-state index in [1.807, 2.05) is 0 Å². The summed E-state index contributed by atoms with van der Waals surface area (Å²) < 4.78 is 0. The summed E-state index contributed by atoms with van der Waals surface area (Å²) in [7, 11) is 0. The normalized spacial score (nSPS) is 31.8. The molecule has 3 atom stereocenters. The molecule has 2 aliphatic rings. The van der Waals surface area contributed by atoms with Gasteiger partial charge in [-0.3, -0.25) is 0 Å². The molecule has 0 bridgehead atoms. The Labute approximate surface area is 114 Å². The van der Waals surface area contributed by atoms with Crippen molar-refractivity contribution in [3.63, 3.8) is 0 Å². The van der Waals surface area contributed by atoms with Crippen molar-refractivity contribution in [2.75, 3.05) is 6.54 Å². The molecule has 19 heavy (non-hydrogen) atoms. The number of carbonyl (C=O) groups is 2. The van der Waals surface area contributed by atoms with Crippen LogP contribution in [0.3, 0.4) is 0 Å². The van der Waals surface area contributed by atoms with E-state index in [0.717, 1.165) is 38.0 Å². The first kappa shape index (κ1) is 14.2. The van der Waals surface area contributed by atoms with Crippen molar-refractivity contribution in [1.82, 2.24) is 10.2 Å². The number of carbonyl (C=O) groups excluding carboxylic acids is 1. The fraction of sp³-hybridized carbons (Fsp3) is 0.857. The Bertz CT molecular complexity index is 346. The summed E-state index contributed by atoms with van der Waals surface area (Å²) in [6, 6.07) is -0.610. The number of urea groups is 1. The van der Waals surface area contributed by atoms with Crippen molar-refractivity contribution in [1.29, 1.82) is 0 Å². The number of hydrogen-bond acceptors (Lipinski definition) is 2. The van der Waals surface area contributed by atoms with E-state index in [1.165, 1.54) is 11.3 Å². The molecule has 2 rings (SSSR count). The lowest BCUT2D eigenvalue weighted by atomic mass is 10.0. The summed E-state index contributed by atoms with van der Waals surface area (Å²) in [6.07, 6.45) is 6.91. The zero-order valence-corrected chi connectivity index (χ0v) is 11.6. The van der Waals surface area contributed by atoms with E-state index >= 15 is 0 Å². The highest BCUT2D eigenvalue weighted by Gasteiger charge is 2.34. The fourth-order valence-corrected chi connectivity index (χ4v) is 3.16. The highest BCUT2D eigenvalue weighted by atomic mass is 16.4. The average molecular weight is 268 g/mol. The van der Waals surface area contributed by atoms with E-state index in [-0.39, 0.29) is 12.1 Å². The van der Waals surface area contributed by atoms with Crippen molar-refractivity contribution < 1.29 is 14.7 Å². The summed E-state index contributed by atoms with van der Waals surface area (Å²) in [5, 5.41) is 12.1. The maximum Gasteiger partial charge on any atom is 0.326 e. The Morgan fingerprint density at radius 1 is 1.11 bits per heavy atom. The van der Waals surface area contributed by atoms with E-state index in [0.29, 0.717) is 13.0 Å². The smallest absolute Gasteiger partial charge is 0.326 e. The minimum absolute atomic E-state index is 0.190. The molecule has 0 spiro atoms. The predicted molar refractivity (Wildman–Crippen MR) is 71.9 cm³/mol. The topological polar surface area (TPSA) is 69.6 Å². The molecule has 2 N–H and O–H groups in total. The standard InChI is InChI=1S/C14H24N2O3/c1-10-4-2-5-11(8-7-10)15-14(19)16-9-3-6-12(16)13(17)18/h10-12H,2-9H2,1H3,(H,15,19)(H,17,18)/t10?,11?,12-/m1/s1. The SMILES string of the molecule is CC1CCCC(NC(=O)N2CCC[C@@H]2C(=O)O)CC1. The lowest BCUT2D eigenvalue weighted by Crippen LogP contribution is -2.49. The number of aliphatic carboxylic acids is 1. The van der Waals surface area contributed by atoms with Crippen LogP contribution in [-0.4, -0.2) is 40.6 Å². The molecule has 5 nitrogen and oxygen atoms in total. The Morgan fingerprint density at radius 2 is 1.89 bits per heavy atom. The van der Waals surface area contributed by atoms with Crippen LogP contribution in [-0.2, 0) is 4.79 Å². The number of nitrogens with zero attached hydrogens (tertiary/aromatic N) is 1. The number of carboxylic acids is 1. The first-order chi connectivity index (χ1) is 9.08. The van der Waals surface area contributed by atoms with Crippen LogP contribution >= 0.6 is 0 Å². The molecule has 0 aromatic carbocycles. The molecule has 108 valence electrons. The Kier molecular flexibility index (Phi) is 4.66. The van der Waals surface area contributed by atoms with Gasteiger partial charge >= 0.3 is 12.0 Å². The zero-order valence-electron chi connectivity index (χ0n) is 11.6. The summed E-state index contributed by atoms with van der Waals surface area (Å²) in [4.78, 5) is 24.7. The maximum absolute atomic E-state index is 12.2. The molecule has 1 saturated carbocycles. The minimum Gasteiger partial charge on any atom is -0.480 e. The van der Waals surface area contributed by atoms with Gasteiger partial charge in [0.1, 0.15) is 6.04 Å². The van der Waals surface area contributed by atoms with Gasteiger partial charge in [-0.25, -0.2) is 9.59 Å². The summed E-state index contributed by atoms with van der Waals surface area (Å²) in [5.74, 6) is -0.150. The molecule has 0 aromatic rings. The molecule has 5 heteroatoms. The molecule has 1 heterocycles. The number of rotatable bonds is 2. The van der Waals surface area contributed by atoms with Crippen molar-refractivity contribution >= 4 is 12.0 Å². The Hall–Kier alpha value is -1.26. The van der Waals surface area contributed by atoms with Gasteiger partial charge < -0.3 is 15.3 Å². The third-order valence-electron chi connectivity index (χ3n) is 4.38. The van der Waals surface area contributed by atoms with E-state index in [2.05, 4.69) is 12.2 Å². The van der Waals surface area contributed by atoms with Crippen molar-refractivity contribution in [3.8, 4) is 0 Å². The highest BCUT2D eigenvalue weighted by molar-refractivity contribution is 5.83. The van der Waals surface area contributed by atoms with E-state index < -0.39 is 12.0 Å². The van der Waals surface area contributed by atoms with Crippen LogP contribution in [0.4, 0.5) is 4.79 Å². The molecule has 0 aromatic heterocycles. The van der Waals surface area contributed by atoms with Crippen LogP contribution in [0.1, 0.15) is 51.9 Å². The second-order valence-electron chi connectivity index (χ2n) is 5.95. The third kappa shape index (κ3) is 3.61. The van der Waals surface area contributed by atoms with Gasteiger partial charge in [0, 0.05) is 12.6 Å². The van der Waals surface area contributed by atoms with Crippen LogP contribution in [0.5, 0.6) is 0 Å². The van der Waals surface area contributed by atoms with Gasteiger partial charge in [0.15, 0.2) is 0 Å². The molecular weight excluding hydrogens is 244 g/mol. The lowest BCUT2D eigenvalue weighted by Gasteiger charge is -2.25. The molecule has 1 saturated heterocycles. The first-order valence-electron chi connectivity index (χ1n) is 7.38. The molecule has 2 fully saturated rings. The minimum atomic E-state index is -0.887. The largest absolute Gasteiger partial charge is 0.480 e. The lowest BCUT2D eigenvalue weighted by molar-refractivity contribution is -0.141. The second kappa shape index (κ2) is 6.26. The molecule has 2 unspecified atom stereocenters.